The highest BCUT2D eigenvalue weighted by molar-refractivity contribution is 9.10. The first kappa shape index (κ1) is 19.3. The molecule has 1 aromatic carbocycles. The average Bonchev–Trinajstić information content (AvgIpc) is 2.98. The van der Waals surface area contributed by atoms with E-state index >= 15 is 0 Å². The Kier molecular flexibility index (Phi) is 6.13. The molecule has 0 saturated heterocycles. The standard InChI is InChI=1S/C18H20BrNO5/c1-4-24-16(22)18(17(23)25-5-2)10-14(11(3)21)15(20-18)12-6-8-13(19)9-7-12/h6-10,15,20H,4-5H2,1-3H3/t15-/m0/s1. The number of benzene rings is 1. The molecule has 1 heterocycles. The fraction of sp³-hybridized carbons (Fsp3) is 0.389. The summed E-state index contributed by atoms with van der Waals surface area (Å²) in [6, 6.07) is 6.66. The lowest BCUT2D eigenvalue weighted by atomic mass is 9.97. The molecule has 1 N–H and O–H groups in total. The first-order valence-electron chi connectivity index (χ1n) is 7.97. The predicted octanol–water partition coefficient (Wildman–Crippen LogP) is 2.47. The average molecular weight is 410 g/mol. The number of ketones is 1. The van der Waals surface area contributed by atoms with E-state index in [0.717, 1.165) is 10.0 Å². The molecule has 0 aromatic heterocycles. The van der Waals surface area contributed by atoms with Gasteiger partial charge in [0.15, 0.2) is 5.78 Å². The minimum atomic E-state index is -1.83. The van der Waals surface area contributed by atoms with Gasteiger partial charge in [-0.3, -0.25) is 10.1 Å². The lowest BCUT2D eigenvalue weighted by molar-refractivity contribution is -0.162. The lowest BCUT2D eigenvalue weighted by Gasteiger charge is -2.26. The molecule has 0 radical (unpaired) electrons. The molecule has 0 amide bonds. The van der Waals surface area contributed by atoms with Crippen LogP contribution in [-0.4, -0.2) is 36.5 Å². The Balaban J connectivity index is 2.51. The van der Waals surface area contributed by atoms with Crippen molar-refractivity contribution in [1.29, 1.82) is 0 Å². The third-order valence-corrected chi connectivity index (χ3v) is 4.39. The molecule has 134 valence electrons. The molecule has 1 atom stereocenters. The van der Waals surface area contributed by atoms with Gasteiger partial charge in [0.2, 0.25) is 5.54 Å². The SMILES string of the molecule is CCOC(=O)C1(C(=O)OCC)C=C(C(C)=O)[C@H](c2ccc(Br)cc2)N1. The van der Waals surface area contributed by atoms with Crippen molar-refractivity contribution in [2.45, 2.75) is 32.4 Å². The molecule has 0 spiro atoms. The molecule has 1 aliphatic rings. The minimum Gasteiger partial charge on any atom is -0.464 e. The predicted molar refractivity (Wildman–Crippen MR) is 94.8 cm³/mol. The van der Waals surface area contributed by atoms with Crippen LogP contribution in [0.4, 0.5) is 0 Å². The van der Waals surface area contributed by atoms with Crippen LogP contribution in [0.2, 0.25) is 0 Å². The van der Waals surface area contributed by atoms with E-state index in [1.165, 1.54) is 13.0 Å². The van der Waals surface area contributed by atoms with Gasteiger partial charge in [-0.2, -0.15) is 0 Å². The van der Waals surface area contributed by atoms with Crippen molar-refractivity contribution in [2.75, 3.05) is 13.2 Å². The van der Waals surface area contributed by atoms with Crippen molar-refractivity contribution in [2.24, 2.45) is 0 Å². The smallest absolute Gasteiger partial charge is 0.342 e. The maximum atomic E-state index is 12.5. The van der Waals surface area contributed by atoms with Crippen LogP contribution in [0.25, 0.3) is 0 Å². The summed E-state index contributed by atoms with van der Waals surface area (Å²) in [5, 5.41) is 2.96. The van der Waals surface area contributed by atoms with Crippen LogP contribution in [0.1, 0.15) is 32.4 Å². The van der Waals surface area contributed by atoms with Crippen molar-refractivity contribution < 1.29 is 23.9 Å². The molecule has 1 aromatic rings. The number of hydrogen-bond acceptors (Lipinski definition) is 6. The van der Waals surface area contributed by atoms with Gasteiger partial charge >= 0.3 is 11.9 Å². The highest BCUT2D eigenvalue weighted by atomic mass is 79.9. The van der Waals surface area contributed by atoms with Crippen LogP contribution in [0.5, 0.6) is 0 Å². The molecular weight excluding hydrogens is 390 g/mol. The van der Waals surface area contributed by atoms with Gasteiger partial charge in [0, 0.05) is 10.0 Å². The number of rotatable bonds is 6. The first-order chi connectivity index (χ1) is 11.9. The Morgan fingerprint density at radius 1 is 1.08 bits per heavy atom. The third kappa shape index (κ3) is 3.82. The van der Waals surface area contributed by atoms with E-state index in [2.05, 4.69) is 21.2 Å². The quantitative estimate of drug-likeness (QED) is 0.573. The summed E-state index contributed by atoms with van der Waals surface area (Å²) in [6.07, 6.45) is 1.33. The monoisotopic (exact) mass is 409 g/mol. The fourth-order valence-corrected chi connectivity index (χ4v) is 2.96. The van der Waals surface area contributed by atoms with Crippen LogP contribution in [0.3, 0.4) is 0 Å². The van der Waals surface area contributed by atoms with Crippen LogP contribution in [0, 0.1) is 0 Å². The van der Waals surface area contributed by atoms with Crippen molar-refractivity contribution in [3.8, 4) is 0 Å². The molecule has 0 saturated carbocycles. The van der Waals surface area contributed by atoms with Gasteiger partial charge in [0.05, 0.1) is 19.3 Å². The number of Topliss-reactive ketones (excluding diaryl/α,β-unsaturated/α-hetero) is 1. The molecule has 0 aliphatic carbocycles. The van der Waals surface area contributed by atoms with Gasteiger partial charge in [0.1, 0.15) is 0 Å². The zero-order valence-electron chi connectivity index (χ0n) is 14.3. The van der Waals surface area contributed by atoms with Crippen LogP contribution in [0.15, 0.2) is 40.4 Å². The van der Waals surface area contributed by atoms with Crippen molar-refractivity contribution in [3.63, 3.8) is 0 Å². The van der Waals surface area contributed by atoms with E-state index < -0.39 is 23.5 Å². The van der Waals surface area contributed by atoms with E-state index in [-0.39, 0.29) is 19.0 Å². The first-order valence-corrected chi connectivity index (χ1v) is 8.76. The van der Waals surface area contributed by atoms with Crippen LogP contribution >= 0.6 is 15.9 Å². The second kappa shape index (κ2) is 7.93. The number of nitrogens with one attached hydrogen (secondary N) is 1. The highest BCUT2D eigenvalue weighted by Gasteiger charge is 2.54. The lowest BCUT2D eigenvalue weighted by Crippen LogP contribution is -2.56. The highest BCUT2D eigenvalue weighted by Crippen LogP contribution is 2.35. The van der Waals surface area contributed by atoms with Crippen LogP contribution < -0.4 is 5.32 Å². The molecule has 25 heavy (non-hydrogen) atoms. The van der Waals surface area contributed by atoms with Gasteiger partial charge in [0.25, 0.3) is 0 Å². The molecule has 0 bridgehead atoms. The second-order valence-electron chi connectivity index (χ2n) is 5.53. The Labute approximate surface area is 154 Å². The molecule has 1 aliphatic heterocycles. The molecule has 0 fully saturated rings. The Hall–Kier alpha value is -1.99. The summed E-state index contributed by atoms with van der Waals surface area (Å²) in [4.78, 5) is 37.2. The number of esters is 2. The van der Waals surface area contributed by atoms with Crippen molar-refractivity contribution in [1.82, 2.24) is 5.32 Å². The molecule has 0 unspecified atom stereocenters. The van der Waals surface area contributed by atoms with E-state index in [1.807, 2.05) is 24.3 Å². The van der Waals surface area contributed by atoms with E-state index in [1.54, 1.807) is 13.8 Å². The summed E-state index contributed by atoms with van der Waals surface area (Å²) in [5.74, 6) is -1.81. The Morgan fingerprint density at radius 2 is 1.60 bits per heavy atom. The summed E-state index contributed by atoms with van der Waals surface area (Å²) >= 11 is 3.36. The van der Waals surface area contributed by atoms with Crippen molar-refractivity contribution >= 4 is 33.7 Å². The number of carbonyl (C=O) groups excluding carboxylic acids is 3. The second-order valence-corrected chi connectivity index (χ2v) is 6.45. The van der Waals surface area contributed by atoms with E-state index in [4.69, 9.17) is 9.47 Å². The maximum Gasteiger partial charge on any atom is 0.342 e. The van der Waals surface area contributed by atoms with E-state index in [9.17, 15) is 14.4 Å². The third-order valence-electron chi connectivity index (χ3n) is 3.86. The number of carbonyl (C=O) groups is 3. The van der Waals surface area contributed by atoms with E-state index in [0.29, 0.717) is 5.57 Å². The zero-order chi connectivity index (χ0) is 18.6. The summed E-state index contributed by atoms with van der Waals surface area (Å²) in [6.45, 7) is 4.90. The normalized spacial score (nSPS) is 18.4. The largest absolute Gasteiger partial charge is 0.464 e. The fourth-order valence-electron chi connectivity index (χ4n) is 2.70. The molecular formula is C18H20BrNO5. The summed E-state index contributed by atoms with van der Waals surface area (Å²) < 4.78 is 11.0. The van der Waals surface area contributed by atoms with Gasteiger partial charge in [-0.25, -0.2) is 9.59 Å². The Morgan fingerprint density at radius 3 is 2.04 bits per heavy atom. The van der Waals surface area contributed by atoms with Gasteiger partial charge in [-0.05, 0) is 44.5 Å². The summed E-state index contributed by atoms with van der Waals surface area (Å²) in [7, 11) is 0. The van der Waals surface area contributed by atoms with Crippen molar-refractivity contribution in [3.05, 3.63) is 46.0 Å². The summed E-state index contributed by atoms with van der Waals surface area (Å²) in [5.41, 5.74) is -0.756. The zero-order valence-corrected chi connectivity index (χ0v) is 15.9. The number of ether oxygens (including phenoxy) is 2. The Bertz CT molecular complexity index is 693. The van der Waals surface area contributed by atoms with Gasteiger partial charge < -0.3 is 9.47 Å². The maximum absolute atomic E-state index is 12.5. The minimum absolute atomic E-state index is 0.105. The molecule has 7 heteroatoms. The topological polar surface area (TPSA) is 81.7 Å². The van der Waals surface area contributed by atoms with Gasteiger partial charge in [-0.15, -0.1) is 0 Å². The molecule has 2 rings (SSSR count). The van der Waals surface area contributed by atoms with Crippen LogP contribution in [-0.2, 0) is 23.9 Å². The molecule has 6 nitrogen and oxygen atoms in total. The van der Waals surface area contributed by atoms with Gasteiger partial charge in [-0.1, -0.05) is 28.1 Å². The number of hydrogen-bond donors (Lipinski definition) is 1. The number of halogens is 1.